The second-order valence-corrected chi connectivity index (χ2v) is 8.04. The molecule has 16 nitrogen and oxygen atoms in total. The van der Waals surface area contributed by atoms with E-state index in [1.54, 1.807) is 0 Å². The van der Waals surface area contributed by atoms with E-state index in [1.807, 2.05) is 5.32 Å². The Labute approximate surface area is 206 Å². The Balaban J connectivity index is 0.000000572. The molecule has 5 N–H and O–H groups in total. The third kappa shape index (κ3) is 8.77. The second-order valence-electron chi connectivity index (χ2n) is 6.52. The van der Waals surface area contributed by atoms with Crippen LogP contribution in [0.5, 0.6) is 11.8 Å². The normalized spacial score (nSPS) is 13.3. The predicted octanol–water partition coefficient (Wildman–Crippen LogP) is -3.35. The average Bonchev–Trinajstić information content (AvgIpc) is 2.89. The summed E-state index contributed by atoms with van der Waals surface area (Å²) in [6.45, 7) is 2.18. The van der Waals surface area contributed by atoms with Gasteiger partial charge in [0.05, 0.1) is 58.2 Å². The summed E-state index contributed by atoms with van der Waals surface area (Å²) < 4.78 is 43.6. The monoisotopic (exact) mass is 529 g/mol. The van der Waals surface area contributed by atoms with Gasteiger partial charge in [0, 0.05) is 6.20 Å². The minimum absolute atomic E-state index is 0.00282. The smallest absolute Gasteiger partial charge is 0.301 e. The topological polar surface area (TPSA) is 227 Å². The lowest BCUT2D eigenvalue weighted by Gasteiger charge is -2.16. The maximum absolute atomic E-state index is 12.6. The summed E-state index contributed by atoms with van der Waals surface area (Å²) >= 11 is 0. The van der Waals surface area contributed by atoms with E-state index in [2.05, 4.69) is 29.8 Å². The number of quaternary nitrogens is 1. The van der Waals surface area contributed by atoms with Crippen LogP contribution in [0.1, 0.15) is 5.56 Å². The number of rotatable bonds is 10. The lowest BCUT2D eigenvalue weighted by Crippen LogP contribution is -2.85. The van der Waals surface area contributed by atoms with Crippen molar-refractivity contribution in [3.8, 4) is 11.8 Å². The average molecular weight is 530 g/mol. The van der Waals surface area contributed by atoms with E-state index in [0.29, 0.717) is 13.1 Å². The van der Waals surface area contributed by atoms with E-state index < -0.39 is 21.1 Å². The van der Waals surface area contributed by atoms with Gasteiger partial charge in [-0.15, -0.1) is 0 Å². The second kappa shape index (κ2) is 14.6. The molecule has 0 unspecified atom stereocenters. The van der Waals surface area contributed by atoms with Crippen LogP contribution in [0, 0.1) is 0 Å². The molecule has 1 aliphatic heterocycles. The van der Waals surface area contributed by atoms with Crippen molar-refractivity contribution in [1.82, 2.24) is 15.0 Å². The predicted molar refractivity (Wildman–Crippen MR) is 122 cm³/mol. The number of hydrogen-bond donors (Lipinski definition) is 4. The van der Waals surface area contributed by atoms with Gasteiger partial charge in [-0.25, -0.2) is 4.98 Å². The molecule has 0 aliphatic carbocycles. The number of sulfonamides is 1. The van der Waals surface area contributed by atoms with Crippen molar-refractivity contribution in [1.29, 1.82) is 0 Å². The highest BCUT2D eigenvalue weighted by atomic mass is 32.2. The minimum Gasteiger partial charge on any atom is -0.845 e. The number of aliphatic hydroxyl groups excluding tert-OH is 2. The van der Waals surface area contributed by atoms with Crippen LogP contribution < -0.4 is 25.2 Å². The summed E-state index contributed by atoms with van der Waals surface area (Å²) in [5, 5.41) is 35.6. The maximum atomic E-state index is 12.6. The quantitative estimate of drug-likeness (QED) is 0.134. The van der Waals surface area contributed by atoms with Crippen LogP contribution in [0.3, 0.4) is 0 Å². The Hall–Kier alpha value is -3.80. The molecule has 3 rings (SSSR count). The molecule has 36 heavy (non-hydrogen) atoms. The van der Waals surface area contributed by atoms with Gasteiger partial charge in [-0.1, -0.05) is 0 Å². The first-order valence-electron chi connectivity index (χ1n) is 10.4. The molecular weight excluding hydrogens is 502 g/mol. The number of pyridine rings is 1. The Morgan fingerprint density at radius 1 is 1.19 bits per heavy atom. The molecule has 0 radical (unpaired) electrons. The largest absolute Gasteiger partial charge is 0.845 e. The SMILES string of the molecule is COc1cc(OC)nc(N/C([O-])=N/S(=O)(=O)c2ncccc2C2=NOCCO2)n1.OCC[NH2+]CCO. The first-order valence-corrected chi connectivity index (χ1v) is 11.9. The van der Waals surface area contributed by atoms with Gasteiger partial charge in [0.1, 0.15) is 6.61 Å². The third-order valence-corrected chi connectivity index (χ3v) is 5.21. The van der Waals surface area contributed by atoms with Crippen LogP contribution in [0.15, 0.2) is 39.0 Å². The van der Waals surface area contributed by atoms with Crippen molar-refractivity contribution < 1.29 is 48.1 Å². The fraction of sp³-hybridized carbons (Fsp3) is 0.421. The molecule has 0 saturated carbocycles. The number of aliphatic hydroxyl groups is 2. The van der Waals surface area contributed by atoms with E-state index in [0.717, 1.165) is 0 Å². The Bertz CT molecular complexity index is 1120. The summed E-state index contributed by atoms with van der Waals surface area (Å²) in [6.07, 6.45) is 1.23. The molecule has 2 aromatic heterocycles. The maximum Gasteiger partial charge on any atom is 0.301 e. The van der Waals surface area contributed by atoms with Crippen LogP contribution in [-0.4, -0.2) is 99.2 Å². The van der Waals surface area contributed by atoms with Crippen molar-refractivity contribution in [2.45, 2.75) is 5.03 Å². The van der Waals surface area contributed by atoms with Crippen LogP contribution in [0.25, 0.3) is 0 Å². The number of nitrogens with two attached hydrogens (primary N) is 1. The Morgan fingerprint density at radius 3 is 2.42 bits per heavy atom. The molecule has 2 aromatic rings. The van der Waals surface area contributed by atoms with Crippen LogP contribution >= 0.6 is 0 Å². The summed E-state index contributed by atoms with van der Waals surface area (Å²) in [5.41, 5.74) is 0.00282. The van der Waals surface area contributed by atoms with E-state index in [-0.39, 0.29) is 55.6 Å². The Kier molecular flexibility index (Phi) is 11.5. The first-order chi connectivity index (χ1) is 17.3. The molecule has 198 valence electrons. The summed E-state index contributed by atoms with van der Waals surface area (Å²) in [4.78, 5) is 16.4. The molecular formula is C19H27N7O9S. The zero-order valence-electron chi connectivity index (χ0n) is 19.5. The van der Waals surface area contributed by atoms with E-state index >= 15 is 0 Å². The molecule has 0 amide bonds. The van der Waals surface area contributed by atoms with Crippen molar-refractivity contribution >= 4 is 27.9 Å². The number of methoxy groups -OCH3 is 2. The zero-order chi connectivity index (χ0) is 26.4. The number of amidine groups is 1. The lowest BCUT2D eigenvalue weighted by molar-refractivity contribution is -0.657. The molecule has 0 aromatic carbocycles. The molecule has 0 saturated heterocycles. The van der Waals surface area contributed by atoms with Gasteiger partial charge in [-0.3, -0.25) is 0 Å². The molecule has 0 fully saturated rings. The Morgan fingerprint density at radius 2 is 1.86 bits per heavy atom. The third-order valence-electron chi connectivity index (χ3n) is 3.99. The number of oxime groups is 1. The molecule has 0 bridgehead atoms. The van der Waals surface area contributed by atoms with Gasteiger partial charge in [-0.05, 0) is 17.3 Å². The highest BCUT2D eigenvalue weighted by molar-refractivity contribution is 7.90. The minimum atomic E-state index is -4.52. The molecule has 0 atom stereocenters. The fourth-order valence-corrected chi connectivity index (χ4v) is 3.44. The van der Waals surface area contributed by atoms with E-state index in [1.165, 1.54) is 38.6 Å². The summed E-state index contributed by atoms with van der Waals surface area (Å²) in [6, 6.07) is 3.00. The highest BCUT2D eigenvalue weighted by Crippen LogP contribution is 2.19. The first kappa shape index (κ1) is 28.4. The van der Waals surface area contributed by atoms with Crippen LogP contribution in [-0.2, 0) is 19.6 Å². The van der Waals surface area contributed by atoms with E-state index in [4.69, 9.17) is 29.3 Å². The van der Waals surface area contributed by atoms with Crippen molar-refractivity contribution in [2.75, 3.05) is 59.1 Å². The molecule has 1 aliphatic rings. The van der Waals surface area contributed by atoms with Crippen LogP contribution in [0.2, 0.25) is 0 Å². The highest BCUT2D eigenvalue weighted by Gasteiger charge is 2.25. The van der Waals surface area contributed by atoms with Crippen LogP contribution in [0.4, 0.5) is 5.95 Å². The number of nitrogens with zero attached hydrogens (tertiary/aromatic N) is 5. The van der Waals surface area contributed by atoms with Crippen molar-refractivity contribution in [3.63, 3.8) is 0 Å². The van der Waals surface area contributed by atoms with Gasteiger partial charge >= 0.3 is 10.0 Å². The van der Waals surface area contributed by atoms with Gasteiger partial charge in [0.15, 0.2) is 11.6 Å². The summed E-state index contributed by atoms with van der Waals surface area (Å²) in [7, 11) is -1.82. The zero-order valence-corrected chi connectivity index (χ0v) is 20.3. The molecule has 0 spiro atoms. The standard InChI is InChI=1S/C15H16N6O7S.C4H11NO2/c1-25-10-8-11(26-2)18-14(17-10)19-15(22)21-29(23,24)13-9(4-3-5-16-13)12-20-28-7-6-27-12;6-3-1-5-2-4-7/h3-5,8H,6-7H2,1-2H3,(H2,17,18,19,21,22);5-7H,1-4H2. The number of ether oxygens (including phenoxy) is 3. The van der Waals surface area contributed by atoms with E-state index in [9.17, 15) is 13.5 Å². The van der Waals surface area contributed by atoms with Gasteiger partial charge in [0.2, 0.25) is 17.7 Å². The van der Waals surface area contributed by atoms with Crippen molar-refractivity contribution in [3.05, 3.63) is 30.0 Å². The van der Waals surface area contributed by atoms with Gasteiger partial charge in [-0.2, -0.15) is 22.8 Å². The van der Waals surface area contributed by atoms with Gasteiger partial charge in [0.25, 0.3) is 5.90 Å². The number of aromatic nitrogens is 3. The van der Waals surface area contributed by atoms with Gasteiger partial charge < -0.3 is 45.0 Å². The number of hydrogen-bond acceptors (Lipinski definition) is 13. The number of nitrogens with one attached hydrogen (secondary N) is 1. The number of anilines is 1. The molecule has 17 heteroatoms. The summed E-state index contributed by atoms with van der Waals surface area (Å²) in [5.74, 6) is -0.164. The lowest BCUT2D eigenvalue weighted by atomic mass is 10.3. The molecule has 3 heterocycles. The fourth-order valence-electron chi connectivity index (χ4n) is 2.46. The van der Waals surface area contributed by atoms with Crippen molar-refractivity contribution in [2.24, 2.45) is 9.55 Å².